The van der Waals surface area contributed by atoms with Crippen LogP contribution in [-0.4, -0.2) is 9.97 Å². The molecule has 0 amide bonds. The molecule has 2 heteroatoms. The van der Waals surface area contributed by atoms with Crippen molar-refractivity contribution in [1.82, 2.24) is 9.97 Å². The van der Waals surface area contributed by atoms with Crippen molar-refractivity contribution < 1.29 is 0 Å². The molecule has 1 aromatic heterocycles. The normalized spacial score (nSPS) is 13.1. The first kappa shape index (κ1) is 25.2. The van der Waals surface area contributed by atoms with Crippen molar-refractivity contribution in [3.63, 3.8) is 0 Å². The van der Waals surface area contributed by atoms with Crippen LogP contribution < -0.4 is 0 Å². The standard InChI is InChI=1S/C39H32N2/c1-25-12-8-9-15-30(25)31-20-19-29(22-26(31)2)38-40-36(27-13-6-5-7-14-27)24-37(41-38)28-18-21-33-32-16-10-11-17-34(32)39(3,4)35(33)23-28/h5-24H,1-4H3. The Hall–Kier alpha value is -4.82. The van der Waals surface area contributed by atoms with Crippen LogP contribution in [0.25, 0.3) is 56.2 Å². The summed E-state index contributed by atoms with van der Waals surface area (Å²) in [6, 6.07) is 43.2. The molecule has 0 spiro atoms. The van der Waals surface area contributed by atoms with E-state index in [1.165, 1.54) is 44.5 Å². The second-order valence-electron chi connectivity index (χ2n) is 11.6. The third-order valence-electron chi connectivity index (χ3n) is 8.59. The van der Waals surface area contributed by atoms with E-state index in [-0.39, 0.29) is 5.41 Å². The molecule has 7 rings (SSSR count). The van der Waals surface area contributed by atoms with E-state index in [1.807, 2.05) is 6.07 Å². The lowest BCUT2D eigenvalue weighted by molar-refractivity contribution is 0.660. The van der Waals surface area contributed by atoms with Gasteiger partial charge in [-0.05, 0) is 76.6 Å². The summed E-state index contributed by atoms with van der Waals surface area (Å²) in [5, 5.41) is 0. The van der Waals surface area contributed by atoms with E-state index in [0.717, 1.165) is 33.9 Å². The maximum Gasteiger partial charge on any atom is 0.160 e. The first-order valence-electron chi connectivity index (χ1n) is 14.3. The van der Waals surface area contributed by atoms with Gasteiger partial charge >= 0.3 is 0 Å². The summed E-state index contributed by atoms with van der Waals surface area (Å²) in [4.78, 5) is 10.3. The Morgan fingerprint density at radius 1 is 0.439 bits per heavy atom. The molecule has 1 heterocycles. The number of hydrogen-bond acceptors (Lipinski definition) is 2. The molecule has 0 unspecified atom stereocenters. The fourth-order valence-electron chi connectivity index (χ4n) is 6.32. The van der Waals surface area contributed by atoms with E-state index in [1.54, 1.807) is 0 Å². The van der Waals surface area contributed by atoms with Gasteiger partial charge in [-0.2, -0.15) is 0 Å². The van der Waals surface area contributed by atoms with Crippen molar-refractivity contribution in [3.05, 3.63) is 144 Å². The molecule has 0 aliphatic heterocycles. The maximum absolute atomic E-state index is 5.17. The average molecular weight is 529 g/mol. The zero-order chi connectivity index (χ0) is 28.1. The van der Waals surface area contributed by atoms with Gasteiger partial charge in [0, 0.05) is 22.1 Å². The quantitative estimate of drug-likeness (QED) is 0.227. The van der Waals surface area contributed by atoms with Gasteiger partial charge in [-0.1, -0.05) is 117 Å². The van der Waals surface area contributed by atoms with E-state index >= 15 is 0 Å². The van der Waals surface area contributed by atoms with E-state index < -0.39 is 0 Å². The Kier molecular flexibility index (Phi) is 5.94. The third-order valence-corrected chi connectivity index (χ3v) is 8.59. The average Bonchev–Trinajstić information content (AvgIpc) is 3.24. The summed E-state index contributed by atoms with van der Waals surface area (Å²) in [6.45, 7) is 8.98. The fraction of sp³-hybridized carbons (Fsp3) is 0.128. The highest BCUT2D eigenvalue weighted by Crippen LogP contribution is 2.49. The second-order valence-corrected chi connectivity index (χ2v) is 11.6. The highest BCUT2D eigenvalue weighted by atomic mass is 14.9. The van der Waals surface area contributed by atoms with E-state index in [0.29, 0.717) is 0 Å². The van der Waals surface area contributed by atoms with E-state index in [2.05, 4.69) is 143 Å². The Bertz CT molecular complexity index is 1930. The lowest BCUT2D eigenvalue weighted by atomic mass is 9.82. The van der Waals surface area contributed by atoms with E-state index in [4.69, 9.17) is 9.97 Å². The van der Waals surface area contributed by atoms with Gasteiger partial charge in [-0.3, -0.25) is 0 Å². The van der Waals surface area contributed by atoms with Gasteiger partial charge in [0.1, 0.15) is 0 Å². The smallest absolute Gasteiger partial charge is 0.160 e. The summed E-state index contributed by atoms with van der Waals surface area (Å²) in [5.74, 6) is 0.740. The number of aryl methyl sites for hydroxylation is 2. The zero-order valence-electron chi connectivity index (χ0n) is 23.9. The summed E-state index contributed by atoms with van der Waals surface area (Å²) < 4.78 is 0. The third kappa shape index (κ3) is 4.28. The molecule has 198 valence electrons. The summed E-state index contributed by atoms with van der Waals surface area (Å²) in [5.41, 5.74) is 15.4. The van der Waals surface area contributed by atoms with Gasteiger partial charge in [0.25, 0.3) is 0 Å². The first-order valence-corrected chi connectivity index (χ1v) is 14.3. The Balaban J connectivity index is 1.37. The van der Waals surface area contributed by atoms with Crippen LogP contribution in [0.4, 0.5) is 0 Å². The van der Waals surface area contributed by atoms with Crippen LogP contribution in [0.1, 0.15) is 36.1 Å². The van der Waals surface area contributed by atoms with Crippen LogP contribution in [0.3, 0.4) is 0 Å². The molecular formula is C39H32N2. The molecule has 1 aliphatic rings. The largest absolute Gasteiger partial charge is 0.228 e. The minimum Gasteiger partial charge on any atom is -0.228 e. The van der Waals surface area contributed by atoms with Gasteiger partial charge in [-0.25, -0.2) is 9.97 Å². The number of benzene rings is 5. The van der Waals surface area contributed by atoms with Crippen LogP contribution in [0, 0.1) is 13.8 Å². The SMILES string of the molecule is Cc1ccccc1-c1ccc(-c2nc(-c3ccccc3)cc(-c3ccc4c(c3)C(C)(C)c3ccccc3-4)n2)cc1C. The molecule has 6 aromatic rings. The monoisotopic (exact) mass is 528 g/mol. The second kappa shape index (κ2) is 9.67. The lowest BCUT2D eigenvalue weighted by Gasteiger charge is -2.22. The van der Waals surface area contributed by atoms with Crippen molar-refractivity contribution in [2.24, 2.45) is 0 Å². The Morgan fingerprint density at radius 2 is 1.02 bits per heavy atom. The van der Waals surface area contributed by atoms with Crippen LogP contribution in [0.15, 0.2) is 121 Å². The van der Waals surface area contributed by atoms with Crippen molar-refractivity contribution in [2.75, 3.05) is 0 Å². The first-order chi connectivity index (χ1) is 19.9. The summed E-state index contributed by atoms with van der Waals surface area (Å²) in [6.07, 6.45) is 0. The van der Waals surface area contributed by atoms with Crippen LogP contribution in [0.2, 0.25) is 0 Å². The van der Waals surface area contributed by atoms with Gasteiger partial charge < -0.3 is 0 Å². The highest BCUT2D eigenvalue weighted by molar-refractivity contribution is 5.84. The maximum atomic E-state index is 5.17. The van der Waals surface area contributed by atoms with Gasteiger partial charge in [0.05, 0.1) is 11.4 Å². The molecule has 0 atom stereocenters. The summed E-state index contributed by atoms with van der Waals surface area (Å²) in [7, 11) is 0. The number of nitrogens with zero attached hydrogens (tertiary/aromatic N) is 2. The molecule has 0 bridgehead atoms. The number of rotatable bonds is 4. The van der Waals surface area contributed by atoms with Crippen LogP contribution >= 0.6 is 0 Å². The number of fused-ring (bicyclic) bond motifs is 3. The van der Waals surface area contributed by atoms with Gasteiger partial charge in [0.2, 0.25) is 0 Å². The molecule has 0 saturated carbocycles. The molecule has 41 heavy (non-hydrogen) atoms. The molecule has 0 fully saturated rings. The summed E-state index contributed by atoms with van der Waals surface area (Å²) >= 11 is 0. The van der Waals surface area contributed by atoms with Crippen molar-refractivity contribution in [1.29, 1.82) is 0 Å². The minimum atomic E-state index is -0.0669. The number of hydrogen-bond donors (Lipinski definition) is 0. The molecule has 0 N–H and O–H groups in total. The van der Waals surface area contributed by atoms with E-state index in [9.17, 15) is 0 Å². The van der Waals surface area contributed by atoms with Crippen LogP contribution in [0.5, 0.6) is 0 Å². The van der Waals surface area contributed by atoms with Crippen molar-refractivity contribution in [3.8, 4) is 56.2 Å². The van der Waals surface area contributed by atoms with Crippen molar-refractivity contribution in [2.45, 2.75) is 33.1 Å². The van der Waals surface area contributed by atoms with Crippen LogP contribution in [-0.2, 0) is 5.41 Å². The molecule has 0 saturated heterocycles. The van der Waals surface area contributed by atoms with Gasteiger partial charge in [0.15, 0.2) is 5.82 Å². The molecular weight excluding hydrogens is 496 g/mol. The predicted molar refractivity (Wildman–Crippen MR) is 171 cm³/mol. The minimum absolute atomic E-state index is 0.0669. The lowest BCUT2D eigenvalue weighted by Crippen LogP contribution is -2.14. The molecule has 5 aromatic carbocycles. The number of aromatic nitrogens is 2. The molecule has 1 aliphatic carbocycles. The Morgan fingerprint density at radius 3 is 1.78 bits per heavy atom. The van der Waals surface area contributed by atoms with Crippen molar-refractivity contribution >= 4 is 0 Å². The zero-order valence-corrected chi connectivity index (χ0v) is 23.9. The Labute approximate surface area is 242 Å². The predicted octanol–water partition coefficient (Wildman–Crippen LogP) is 10.1. The fourth-order valence-corrected chi connectivity index (χ4v) is 6.32. The highest BCUT2D eigenvalue weighted by Gasteiger charge is 2.35. The molecule has 0 radical (unpaired) electrons. The molecule has 2 nitrogen and oxygen atoms in total. The topological polar surface area (TPSA) is 25.8 Å². The van der Waals surface area contributed by atoms with Gasteiger partial charge in [-0.15, -0.1) is 0 Å².